The van der Waals surface area contributed by atoms with E-state index in [0.717, 1.165) is 35.0 Å². The lowest BCUT2D eigenvalue weighted by Crippen LogP contribution is -2.03. The van der Waals surface area contributed by atoms with Gasteiger partial charge in [0.25, 0.3) is 5.22 Å². The predicted molar refractivity (Wildman–Crippen MR) is 85.9 cm³/mol. The highest BCUT2D eigenvalue weighted by Gasteiger charge is 2.14. The summed E-state index contributed by atoms with van der Waals surface area (Å²) in [6.07, 6.45) is 0. The molecule has 3 aromatic rings. The van der Waals surface area contributed by atoms with E-state index in [0.29, 0.717) is 5.89 Å². The van der Waals surface area contributed by atoms with Crippen LogP contribution < -0.4 is 0 Å². The monoisotopic (exact) mass is 346 g/mol. The predicted octanol–water partition coefficient (Wildman–Crippen LogP) is 4.30. The largest absolute Gasteiger partial charge is 0.411 e. The molecule has 0 aliphatic rings. The maximum Gasteiger partial charge on any atom is 0.277 e. The van der Waals surface area contributed by atoms with Gasteiger partial charge in [-0.3, -0.25) is 4.79 Å². The molecule has 7 heteroatoms. The number of aromatic nitrogens is 2. The Kier molecular flexibility index (Phi) is 4.71. The number of carbonyl (C=O) groups excluding carboxylic acids is 1. The van der Waals surface area contributed by atoms with Crippen LogP contribution in [0.5, 0.6) is 0 Å². The summed E-state index contributed by atoms with van der Waals surface area (Å²) in [7, 11) is 0. The third-order valence-corrected chi connectivity index (χ3v) is 4.17. The number of nitrogens with zero attached hydrogens (tertiary/aromatic N) is 2. The molecule has 0 aliphatic carbocycles. The van der Waals surface area contributed by atoms with E-state index in [1.54, 1.807) is 0 Å². The van der Waals surface area contributed by atoms with Crippen LogP contribution in [0.1, 0.15) is 15.9 Å². The van der Waals surface area contributed by atoms with Crippen LogP contribution in [-0.4, -0.2) is 21.7 Å². The zero-order valence-electron chi connectivity index (χ0n) is 12.6. The van der Waals surface area contributed by atoms with E-state index in [1.807, 2.05) is 31.2 Å². The number of thioether (sulfide) groups is 1. The van der Waals surface area contributed by atoms with Crippen molar-refractivity contribution in [3.8, 4) is 11.5 Å². The summed E-state index contributed by atoms with van der Waals surface area (Å²) in [4.78, 5) is 12.0. The quantitative estimate of drug-likeness (QED) is 0.509. The topological polar surface area (TPSA) is 56.0 Å². The van der Waals surface area contributed by atoms with Gasteiger partial charge in [-0.05, 0) is 36.8 Å². The highest BCUT2D eigenvalue weighted by Crippen LogP contribution is 2.26. The molecular weight excluding hydrogens is 334 g/mol. The Hall–Kier alpha value is -2.54. The molecular formula is C17H12F2N2O2S. The fourth-order valence-electron chi connectivity index (χ4n) is 2.07. The maximum atomic E-state index is 13.2. The molecule has 0 unspecified atom stereocenters. The van der Waals surface area contributed by atoms with Crippen molar-refractivity contribution in [2.45, 2.75) is 12.1 Å². The maximum absolute atomic E-state index is 13.2. The van der Waals surface area contributed by atoms with E-state index >= 15 is 0 Å². The Balaban J connectivity index is 1.68. The lowest BCUT2D eigenvalue weighted by molar-refractivity contribution is 0.102. The number of hydrogen-bond acceptors (Lipinski definition) is 5. The highest BCUT2D eigenvalue weighted by molar-refractivity contribution is 7.99. The van der Waals surface area contributed by atoms with Crippen molar-refractivity contribution < 1.29 is 18.0 Å². The minimum Gasteiger partial charge on any atom is -0.411 e. The van der Waals surface area contributed by atoms with Crippen LogP contribution in [0, 0.1) is 18.6 Å². The molecule has 0 N–H and O–H groups in total. The SMILES string of the molecule is Cc1ccccc1-c1nnc(SCC(=O)c2ccc(F)c(F)c2)o1. The van der Waals surface area contributed by atoms with Crippen molar-refractivity contribution in [1.29, 1.82) is 0 Å². The average Bonchev–Trinajstić information content (AvgIpc) is 3.04. The van der Waals surface area contributed by atoms with Gasteiger partial charge in [0, 0.05) is 11.1 Å². The van der Waals surface area contributed by atoms with Crippen molar-refractivity contribution in [2.24, 2.45) is 0 Å². The Morgan fingerprint density at radius 1 is 1.12 bits per heavy atom. The molecule has 0 spiro atoms. The van der Waals surface area contributed by atoms with E-state index in [4.69, 9.17) is 4.42 Å². The smallest absolute Gasteiger partial charge is 0.277 e. The van der Waals surface area contributed by atoms with Crippen molar-refractivity contribution in [3.05, 3.63) is 65.2 Å². The Bertz CT molecular complexity index is 896. The van der Waals surface area contributed by atoms with Crippen LogP contribution in [0.25, 0.3) is 11.5 Å². The summed E-state index contributed by atoms with van der Waals surface area (Å²) in [5, 5.41) is 8.10. The average molecular weight is 346 g/mol. The van der Waals surface area contributed by atoms with Gasteiger partial charge in [-0.1, -0.05) is 30.0 Å². The number of Topliss-reactive ketones (excluding diaryl/α,β-unsaturated/α-hetero) is 1. The first-order chi connectivity index (χ1) is 11.5. The molecule has 0 fully saturated rings. The van der Waals surface area contributed by atoms with Gasteiger partial charge in [-0.15, -0.1) is 10.2 Å². The van der Waals surface area contributed by atoms with Gasteiger partial charge in [-0.25, -0.2) is 8.78 Å². The van der Waals surface area contributed by atoms with Gasteiger partial charge in [0.05, 0.1) is 5.75 Å². The molecule has 0 radical (unpaired) electrons. The normalized spacial score (nSPS) is 10.8. The third kappa shape index (κ3) is 3.51. The molecule has 24 heavy (non-hydrogen) atoms. The van der Waals surface area contributed by atoms with Gasteiger partial charge in [0.15, 0.2) is 17.4 Å². The summed E-state index contributed by atoms with van der Waals surface area (Å²) in [6.45, 7) is 1.93. The molecule has 1 heterocycles. The minimum absolute atomic E-state index is 0.0134. The molecule has 3 rings (SSSR count). The van der Waals surface area contributed by atoms with Crippen LogP contribution in [0.3, 0.4) is 0 Å². The van der Waals surface area contributed by atoms with Crippen LogP contribution in [0.4, 0.5) is 8.78 Å². The van der Waals surface area contributed by atoms with Crippen LogP contribution >= 0.6 is 11.8 Å². The van der Waals surface area contributed by atoms with E-state index < -0.39 is 11.6 Å². The summed E-state index contributed by atoms with van der Waals surface area (Å²) in [6, 6.07) is 10.6. The second kappa shape index (κ2) is 6.92. The molecule has 0 saturated carbocycles. The zero-order valence-corrected chi connectivity index (χ0v) is 13.4. The molecule has 0 aliphatic heterocycles. The van der Waals surface area contributed by atoms with E-state index in [9.17, 15) is 13.6 Å². The van der Waals surface area contributed by atoms with E-state index in [-0.39, 0.29) is 22.3 Å². The number of benzene rings is 2. The molecule has 0 amide bonds. The van der Waals surface area contributed by atoms with Crippen molar-refractivity contribution in [1.82, 2.24) is 10.2 Å². The summed E-state index contributed by atoms with van der Waals surface area (Å²) in [5.41, 5.74) is 1.92. The Morgan fingerprint density at radius 2 is 1.92 bits per heavy atom. The second-order valence-electron chi connectivity index (χ2n) is 5.03. The number of halogens is 2. The fraction of sp³-hybridized carbons (Fsp3) is 0.118. The molecule has 0 bridgehead atoms. The van der Waals surface area contributed by atoms with Crippen molar-refractivity contribution >= 4 is 17.5 Å². The van der Waals surface area contributed by atoms with E-state index in [1.165, 1.54) is 6.07 Å². The molecule has 4 nitrogen and oxygen atoms in total. The first-order valence-electron chi connectivity index (χ1n) is 7.05. The number of hydrogen-bond donors (Lipinski definition) is 0. The molecule has 0 atom stereocenters. The van der Waals surface area contributed by atoms with Crippen LogP contribution in [0.2, 0.25) is 0 Å². The van der Waals surface area contributed by atoms with Gasteiger partial charge < -0.3 is 4.42 Å². The lowest BCUT2D eigenvalue weighted by atomic mass is 10.1. The standard InChI is InChI=1S/C17H12F2N2O2S/c1-10-4-2-3-5-12(10)16-20-21-17(23-16)24-9-15(22)11-6-7-13(18)14(19)8-11/h2-8H,9H2,1H3. The lowest BCUT2D eigenvalue weighted by Gasteiger charge is -2.00. The number of ketones is 1. The highest BCUT2D eigenvalue weighted by atomic mass is 32.2. The summed E-state index contributed by atoms with van der Waals surface area (Å²) >= 11 is 1.05. The number of carbonyl (C=O) groups is 1. The molecule has 2 aromatic carbocycles. The van der Waals surface area contributed by atoms with Gasteiger partial charge in [0.1, 0.15) is 0 Å². The number of rotatable bonds is 5. The summed E-state index contributed by atoms with van der Waals surface area (Å²) < 4.78 is 31.6. The van der Waals surface area contributed by atoms with Crippen LogP contribution in [0.15, 0.2) is 52.1 Å². The first kappa shape index (κ1) is 16.3. The van der Waals surface area contributed by atoms with Gasteiger partial charge in [0.2, 0.25) is 5.89 Å². The fourth-order valence-corrected chi connectivity index (χ4v) is 2.73. The first-order valence-corrected chi connectivity index (χ1v) is 8.03. The zero-order chi connectivity index (χ0) is 17.1. The van der Waals surface area contributed by atoms with Gasteiger partial charge >= 0.3 is 0 Å². The van der Waals surface area contributed by atoms with Crippen molar-refractivity contribution in [2.75, 3.05) is 5.75 Å². The summed E-state index contributed by atoms with van der Waals surface area (Å²) in [5.74, 6) is -2.03. The number of aryl methyl sites for hydroxylation is 1. The minimum atomic E-state index is -1.05. The van der Waals surface area contributed by atoms with E-state index in [2.05, 4.69) is 10.2 Å². The van der Waals surface area contributed by atoms with Crippen LogP contribution in [-0.2, 0) is 0 Å². The Labute approximate surface area is 140 Å². The van der Waals surface area contributed by atoms with Gasteiger partial charge in [-0.2, -0.15) is 0 Å². The molecule has 1 aromatic heterocycles. The second-order valence-corrected chi connectivity index (χ2v) is 5.96. The Morgan fingerprint density at radius 3 is 2.67 bits per heavy atom. The molecule has 122 valence electrons. The third-order valence-electron chi connectivity index (χ3n) is 3.35. The molecule has 0 saturated heterocycles. The van der Waals surface area contributed by atoms with Crippen molar-refractivity contribution in [3.63, 3.8) is 0 Å².